The third-order valence-corrected chi connectivity index (χ3v) is 12.2. The van der Waals surface area contributed by atoms with Gasteiger partial charge in [0.2, 0.25) is 5.91 Å². The van der Waals surface area contributed by atoms with Crippen LogP contribution in [0.2, 0.25) is 0 Å². The van der Waals surface area contributed by atoms with Gasteiger partial charge in [0.1, 0.15) is 0 Å². The number of ether oxygens (including phenoxy) is 2. The van der Waals surface area contributed by atoms with Gasteiger partial charge in [0.05, 0.1) is 41.3 Å². The molecular formula is C55H57KN6O8. The maximum absolute atomic E-state index is 12.9. The van der Waals surface area contributed by atoms with E-state index in [-0.39, 0.29) is 69.1 Å². The van der Waals surface area contributed by atoms with Gasteiger partial charge >= 0.3 is 57.4 Å². The molecule has 3 amide bonds. The summed E-state index contributed by atoms with van der Waals surface area (Å²) in [5, 5.41) is 16.5. The van der Waals surface area contributed by atoms with Crippen molar-refractivity contribution in [1.82, 2.24) is 24.4 Å². The molecule has 5 N–H and O–H groups in total. The fourth-order valence-corrected chi connectivity index (χ4v) is 9.32. The number of primary amides is 1. The molecule has 0 radical (unpaired) electrons. The van der Waals surface area contributed by atoms with Crippen molar-refractivity contribution in [1.29, 1.82) is 0 Å². The number of nitrogens with zero attached hydrogens (tertiary/aromatic N) is 2. The number of nitrogens with one attached hydrogen (secondary N) is 3. The van der Waals surface area contributed by atoms with Gasteiger partial charge in [-0.3, -0.25) is 24.5 Å². The number of para-hydroxylation sites is 4. The smallest absolute Gasteiger partial charge is 0.850 e. The first-order valence-corrected chi connectivity index (χ1v) is 23.3. The number of nitrogens with two attached hydrogens (primary N) is 1. The number of hydrogen-bond donors (Lipinski definition) is 4. The summed E-state index contributed by atoms with van der Waals surface area (Å²) in [6, 6.07) is 27.8. The van der Waals surface area contributed by atoms with Crippen molar-refractivity contribution in [2.45, 2.75) is 84.4 Å². The van der Waals surface area contributed by atoms with Crippen molar-refractivity contribution in [2.75, 3.05) is 20.3 Å². The molecule has 8 heterocycles. The topological polar surface area (TPSA) is 206 Å². The fourth-order valence-electron chi connectivity index (χ4n) is 9.32. The van der Waals surface area contributed by atoms with Crippen LogP contribution in [0.25, 0.3) is 54.8 Å². The molecular weight excluding hydrogens is 912 g/mol. The minimum absolute atomic E-state index is 0. The van der Waals surface area contributed by atoms with Crippen molar-refractivity contribution in [3.05, 3.63) is 143 Å². The molecule has 12 rings (SSSR count). The van der Waals surface area contributed by atoms with Crippen molar-refractivity contribution < 1.29 is 89.9 Å². The predicted molar refractivity (Wildman–Crippen MR) is 266 cm³/mol. The van der Waals surface area contributed by atoms with Crippen LogP contribution in [0.4, 0.5) is 0 Å². The first-order chi connectivity index (χ1) is 33.2. The van der Waals surface area contributed by atoms with Crippen molar-refractivity contribution >= 4 is 84.2 Å². The van der Waals surface area contributed by atoms with Crippen LogP contribution in [0.3, 0.4) is 0 Å². The number of aromatic amines is 2. The average molecular weight is 969 g/mol. The van der Waals surface area contributed by atoms with E-state index in [9.17, 15) is 29.1 Å². The van der Waals surface area contributed by atoms with E-state index in [4.69, 9.17) is 10.5 Å². The second-order valence-electron chi connectivity index (χ2n) is 18.3. The molecule has 1 saturated heterocycles. The first-order valence-electron chi connectivity index (χ1n) is 23.3. The summed E-state index contributed by atoms with van der Waals surface area (Å²) in [5.41, 5.74) is 15.1. The predicted octanol–water partition coefficient (Wildman–Crippen LogP) is 4.72. The Kier molecular flexibility index (Phi) is 17.0. The van der Waals surface area contributed by atoms with Crippen LogP contribution in [-0.2, 0) is 61.0 Å². The summed E-state index contributed by atoms with van der Waals surface area (Å²) in [4.78, 5) is 66.0. The van der Waals surface area contributed by atoms with Gasteiger partial charge in [-0.05, 0) is 67.3 Å². The monoisotopic (exact) mass is 968 g/mol. The Morgan fingerprint density at radius 1 is 0.686 bits per heavy atom. The fraction of sp³-hybridized carbons (Fsp3) is 0.291. The number of methoxy groups -OCH3 is 1. The molecule has 15 heteroatoms. The van der Waals surface area contributed by atoms with Gasteiger partial charge in [0.25, 0.3) is 17.6 Å². The molecule has 4 aromatic carbocycles. The van der Waals surface area contributed by atoms with Crippen molar-refractivity contribution in [3.63, 3.8) is 0 Å². The Balaban J connectivity index is 0.000000148. The molecule has 14 nitrogen and oxygen atoms in total. The molecule has 1 fully saturated rings. The number of aryl methyl sites for hydroxylation is 4. The Bertz CT molecular complexity index is 3260. The van der Waals surface area contributed by atoms with E-state index in [2.05, 4.69) is 41.3 Å². The summed E-state index contributed by atoms with van der Waals surface area (Å²) >= 11 is 0. The maximum Gasteiger partial charge on any atom is 1.00 e. The number of carbonyl (C=O) groups excluding carboxylic acids is 5. The van der Waals surface area contributed by atoms with Crippen LogP contribution in [0.5, 0.6) is 0 Å². The summed E-state index contributed by atoms with van der Waals surface area (Å²) < 4.78 is 13.7. The van der Waals surface area contributed by atoms with E-state index in [0.717, 1.165) is 107 Å². The summed E-state index contributed by atoms with van der Waals surface area (Å²) in [6.45, 7) is 8.72. The van der Waals surface area contributed by atoms with E-state index in [0.29, 0.717) is 23.1 Å². The molecule has 0 aliphatic carbocycles. The van der Waals surface area contributed by atoms with Gasteiger partial charge in [0, 0.05) is 94.8 Å². The number of fused-ring (bicyclic) bond motifs is 2. The number of esters is 1. The number of H-pyrrole nitrogens is 2. The normalized spacial score (nSPS) is 14.6. The average Bonchev–Trinajstić information content (AvgIpc) is 4.22. The third kappa shape index (κ3) is 11.6. The SMILES string of the molecule is C1CCOC1.CC(C)(C)[O-].COC(=O)C(=O)c1cn2c3c(cccc13)CCC2.NC(=O)Cc1c[nH]c2ccccc12.O=C1NC(=O)C(c2cn3c4c(cccc24)CCC3)=C1c1c[nH]c2ccccc12.[K+]. The van der Waals surface area contributed by atoms with E-state index in [1.807, 2.05) is 91.4 Å². The molecule has 0 spiro atoms. The number of hydrogen-bond acceptors (Lipinski definition) is 8. The van der Waals surface area contributed by atoms with Gasteiger partial charge in [-0.25, -0.2) is 4.79 Å². The number of amides is 3. The summed E-state index contributed by atoms with van der Waals surface area (Å²) in [6.07, 6.45) is 14.5. The quantitative estimate of drug-likeness (QED) is 0.0602. The van der Waals surface area contributed by atoms with Crippen LogP contribution in [-0.4, -0.2) is 74.5 Å². The number of aromatic nitrogens is 4. The van der Waals surface area contributed by atoms with Gasteiger partial charge in [-0.2, -0.15) is 0 Å². The van der Waals surface area contributed by atoms with Crippen molar-refractivity contribution in [2.24, 2.45) is 5.73 Å². The summed E-state index contributed by atoms with van der Waals surface area (Å²) in [7, 11) is 1.23. The third-order valence-electron chi connectivity index (χ3n) is 12.2. The molecule has 8 aromatic rings. The molecule has 356 valence electrons. The number of ketones is 1. The van der Waals surface area contributed by atoms with E-state index in [1.54, 1.807) is 27.0 Å². The Morgan fingerprint density at radius 2 is 1.20 bits per heavy atom. The van der Waals surface area contributed by atoms with E-state index >= 15 is 0 Å². The Labute approximate surface area is 448 Å². The van der Waals surface area contributed by atoms with Gasteiger partial charge in [-0.1, -0.05) is 93.6 Å². The molecule has 4 aliphatic heterocycles. The van der Waals surface area contributed by atoms with Crippen LogP contribution in [0.1, 0.15) is 84.6 Å². The molecule has 4 aromatic heterocycles. The van der Waals surface area contributed by atoms with Crippen LogP contribution < -0.4 is 67.5 Å². The number of imide groups is 1. The minimum Gasteiger partial charge on any atom is -0.850 e. The molecule has 0 bridgehead atoms. The largest absolute Gasteiger partial charge is 1.00 e. The second kappa shape index (κ2) is 22.9. The van der Waals surface area contributed by atoms with Gasteiger partial charge in [0.15, 0.2) is 0 Å². The molecule has 0 unspecified atom stereocenters. The van der Waals surface area contributed by atoms with Gasteiger partial charge < -0.3 is 39.4 Å². The zero-order chi connectivity index (χ0) is 48.8. The molecule has 4 aliphatic rings. The van der Waals surface area contributed by atoms with E-state index < -0.39 is 17.4 Å². The Morgan fingerprint density at radius 3 is 1.79 bits per heavy atom. The zero-order valence-electron chi connectivity index (χ0n) is 40.4. The first kappa shape index (κ1) is 51.9. The minimum atomic E-state index is -0.807. The van der Waals surface area contributed by atoms with Gasteiger partial charge in [-0.15, -0.1) is 5.60 Å². The molecule has 0 atom stereocenters. The number of Topliss-reactive ketones (excluding diaryl/α,β-unsaturated/α-hetero) is 1. The summed E-state index contributed by atoms with van der Waals surface area (Å²) in [5.74, 6) is -2.34. The van der Waals surface area contributed by atoms with Crippen molar-refractivity contribution in [3.8, 4) is 0 Å². The van der Waals surface area contributed by atoms with Crippen LogP contribution >= 0.6 is 0 Å². The number of carbonyl (C=O) groups is 5. The maximum atomic E-state index is 12.9. The molecule has 0 saturated carbocycles. The number of benzene rings is 4. The standard InChI is InChI=1S/C23H17N3O2.C14H13NO3.C10H10N2O.C4H8O.C4H9O.K/c27-22-19(16-11-24-18-9-2-1-7-14(16)18)20(23(28)25-22)17-12-26-10-4-6-13-5-3-8-15(17)21(13)26;1-18-14(17)13(16)11-8-15-7-3-5-9-4-2-6-10(11)12(9)15;11-10(13)5-7-6-12-9-4-2-1-3-8(7)9;1-2-4-5-3-1;1-4(2,3)5;/h1-3,5,7-9,11-12,24H,4,6,10H2,(H,25,27,28);2,4,6,8H,3,5,7H2,1H3;1-4,6,12H,5H2,(H2,11,13);1-4H2;1-3H3;/q;;;;-1;+1. The Hall–Kier alpha value is -5.91. The van der Waals surface area contributed by atoms with Crippen LogP contribution in [0, 0.1) is 0 Å². The van der Waals surface area contributed by atoms with Crippen LogP contribution in [0.15, 0.2) is 110 Å². The second-order valence-corrected chi connectivity index (χ2v) is 18.3. The number of rotatable bonds is 6. The van der Waals surface area contributed by atoms with E-state index in [1.165, 1.54) is 36.6 Å². The zero-order valence-corrected chi connectivity index (χ0v) is 43.5. The molecule has 70 heavy (non-hydrogen) atoms.